The van der Waals surface area contributed by atoms with Gasteiger partial charge < -0.3 is 10.6 Å². The normalized spacial score (nSPS) is 25.7. The molecule has 0 spiro atoms. The molecule has 2 N–H and O–H groups in total. The third-order valence-electron chi connectivity index (χ3n) is 3.75. The van der Waals surface area contributed by atoms with E-state index in [9.17, 15) is 0 Å². The van der Waals surface area contributed by atoms with Gasteiger partial charge in [-0.3, -0.25) is 0 Å². The second-order valence-corrected chi connectivity index (χ2v) is 4.86. The Kier molecular flexibility index (Phi) is 3.12. The van der Waals surface area contributed by atoms with Gasteiger partial charge in [-0.2, -0.15) is 0 Å². The van der Waals surface area contributed by atoms with Crippen LogP contribution >= 0.6 is 0 Å². The monoisotopic (exact) mass is 194 g/mol. The number of piperidine rings is 1. The van der Waals surface area contributed by atoms with Gasteiger partial charge in [-0.1, -0.05) is 6.58 Å². The Morgan fingerprint density at radius 2 is 2.07 bits per heavy atom. The second-order valence-electron chi connectivity index (χ2n) is 4.86. The summed E-state index contributed by atoms with van der Waals surface area (Å²) in [6, 6.07) is 0. The van der Waals surface area contributed by atoms with E-state index in [1.54, 1.807) is 0 Å². The fraction of sp³-hybridized carbons (Fsp3) is 0.833. The van der Waals surface area contributed by atoms with Crippen LogP contribution in [-0.4, -0.2) is 18.6 Å². The van der Waals surface area contributed by atoms with Gasteiger partial charge in [0.15, 0.2) is 0 Å². The molecule has 2 aliphatic rings. The van der Waals surface area contributed by atoms with E-state index >= 15 is 0 Å². The van der Waals surface area contributed by atoms with E-state index < -0.39 is 0 Å². The number of rotatable bonds is 5. The summed E-state index contributed by atoms with van der Waals surface area (Å²) >= 11 is 0. The molecule has 1 aliphatic carbocycles. The Labute approximate surface area is 87.2 Å². The van der Waals surface area contributed by atoms with E-state index in [0.717, 1.165) is 5.92 Å². The molecule has 0 bridgehead atoms. The molecule has 0 atom stereocenters. The lowest BCUT2D eigenvalue weighted by molar-refractivity contribution is 0.326. The predicted molar refractivity (Wildman–Crippen MR) is 60.1 cm³/mol. The highest BCUT2D eigenvalue weighted by atomic mass is 15.0. The standard InChI is InChI=1S/C12H22N2/c1-2-14-12(7-8-12)6-3-11-4-9-13-10-5-11/h2,11,13-14H,1,3-10H2. The summed E-state index contributed by atoms with van der Waals surface area (Å²) in [6.07, 6.45) is 10.1. The van der Waals surface area contributed by atoms with Gasteiger partial charge in [0.25, 0.3) is 0 Å². The van der Waals surface area contributed by atoms with Crippen LogP contribution in [0.3, 0.4) is 0 Å². The van der Waals surface area contributed by atoms with E-state index in [0.29, 0.717) is 5.54 Å². The molecule has 1 heterocycles. The molecule has 2 fully saturated rings. The lowest BCUT2D eigenvalue weighted by atomic mass is 9.91. The summed E-state index contributed by atoms with van der Waals surface area (Å²) in [5, 5.41) is 6.84. The fourth-order valence-corrected chi connectivity index (χ4v) is 2.48. The van der Waals surface area contributed by atoms with Crippen molar-refractivity contribution in [2.45, 2.75) is 44.1 Å². The number of nitrogens with one attached hydrogen (secondary N) is 2. The molecular formula is C12H22N2. The molecule has 14 heavy (non-hydrogen) atoms. The first-order chi connectivity index (χ1) is 6.85. The third kappa shape index (κ3) is 2.50. The third-order valence-corrected chi connectivity index (χ3v) is 3.75. The summed E-state index contributed by atoms with van der Waals surface area (Å²) in [4.78, 5) is 0. The van der Waals surface area contributed by atoms with Crippen LogP contribution in [0.25, 0.3) is 0 Å². The van der Waals surface area contributed by atoms with Gasteiger partial charge in [0, 0.05) is 5.54 Å². The van der Waals surface area contributed by atoms with Gasteiger partial charge in [0.1, 0.15) is 0 Å². The molecule has 80 valence electrons. The van der Waals surface area contributed by atoms with E-state index in [2.05, 4.69) is 17.2 Å². The molecule has 0 radical (unpaired) electrons. The van der Waals surface area contributed by atoms with Gasteiger partial charge in [-0.05, 0) is 63.7 Å². The maximum Gasteiger partial charge on any atom is 0.0370 e. The average Bonchev–Trinajstić information content (AvgIpc) is 2.98. The van der Waals surface area contributed by atoms with Crippen molar-refractivity contribution < 1.29 is 0 Å². The quantitative estimate of drug-likeness (QED) is 0.700. The van der Waals surface area contributed by atoms with Gasteiger partial charge in [0.05, 0.1) is 0 Å². The van der Waals surface area contributed by atoms with Crippen LogP contribution < -0.4 is 10.6 Å². The molecule has 1 saturated carbocycles. The molecule has 0 amide bonds. The van der Waals surface area contributed by atoms with Crippen molar-refractivity contribution >= 4 is 0 Å². The van der Waals surface area contributed by atoms with Crippen molar-refractivity contribution in [2.24, 2.45) is 5.92 Å². The molecule has 2 nitrogen and oxygen atoms in total. The van der Waals surface area contributed by atoms with Crippen LogP contribution in [0, 0.1) is 5.92 Å². The first kappa shape index (κ1) is 10.0. The minimum absolute atomic E-state index is 0.465. The zero-order valence-corrected chi connectivity index (χ0v) is 9.02. The molecule has 0 aromatic carbocycles. The maximum absolute atomic E-state index is 3.76. The van der Waals surface area contributed by atoms with Gasteiger partial charge in [0.2, 0.25) is 0 Å². The van der Waals surface area contributed by atoms with Crippen LogP contribution in [0.2, 0.25) is 0 Å². The Morgan fingerprint density at radius 1 is 1.36 bits per heavy atom. The summed E-state index contributed by atoms with van der Waals surface area (Å²) in [5.74, 6) is 0.973. The smallest absolute Gasteiger partial charge is 0.0370 e. The summed E-state index contributed by atoms with van der Waals surface area (Å²) in [7, 11) is 0. The predicted octanol–water partition coefficient (Wildman–Crippen LogP) is 2.03. The summed E-state index contributed by atoms with van der Waals surface area (Å²) in [6.45, 7) is 6.22. The zero-order valence-electron chi connectivity index (χ0n) is 9.02. The van der Waals surface area contributed by atoms with E-state index in [4.69, 9.17) is 0 Å². The molecular weight excluding hydrogens is 172 g/mol. The Hall–Kier alpha value is -0.500. The second kappa shape index (κ2) is 4.35. The van der Waals surface area contributed by atoms with Crippen molar-refractivity contribution in [2.75, 3.05) is 13.1 Å². The van der Waals surface area contributed by atoms with E-state index in [1.165, 1.54) is 51.6 Å². The summed E-state index contributed by atoms with van der Waals surface area (Å²) in [5.41, 5.74) is 0.465. The minimum Gasteiger partial charge on any atom is -0.386 e. The Bertz CT molecular complexity index is 190. The molecule has 0 aromatic heterocycles. The first-order valence-corrected chi connectivity index (χ1v) is 5.94. The molecule has 0 aromatic rings. The van der Waals surface area contributed by atoms with E-state index in [-0.39, 0.29) is 0 Å². The number of hydrogen-bond acceptors (Lipinski definition) is 2. The van der Waals surface area contributed by atoms with Crippen molar-refractivity contribution in [3.05, 3.63) is 12.8 Å². The lowest BCUT2D eigenvalue weighted by Gasteiger charge is -2.25. The van der Waals surface area contributed by atoms with Crippen molar-refractivity contribution in [3.8, 4) is 0 Å². The summed E-state index contributed by atoms with van der Waals surface area (Å²) < 4.78 is 0. The SMILES string of the molecule is C=CNC1(CCC2CCNCC2)CC1. The van der Waals surface area contributed by atoms with Gasteiger partial charge >= 0.3 is 0 Å². The zero-order chi connectivity index (χ0) is 9.86. The van der Waals surface area contributed by atoms with Crippen molar-refractivity contribution in [3.63, 3.8) is 0 Å². The molecule has 2 rings (SSSR count). The molecule has 0 unspecified atom stereocenters. The highest BCUT2D eigenvalue weighted by Gasteiger charge is 2.41. The molecule has 1 saturated heterocycles. The minimum atomic E-state index is 0.465. The Balaban J connectivity index is 1.68. The van der Waals surface area contributed by atoms with Crippen molar-refractivity contribution in [1.82, 2.24) is 10.6 Å². The highest BCUT2D eigenvalue weighted by Crippen LogP contribution is 2.41. The van der Waals surface area contributed by atoms with Crippen LogP contribution in [0.1, 0.15) is 38.5 Å². The number of hydrogen-bond donors (Lipinski definition) is 2. The fourth-order valence-electron chi connectivity index (χ4n) is 2.48. The van der Waals surface area contributed by atoms with Crippen LogP contribution in [0.15, 0.2) is 12.8 Å². The van der Waals surface area contributed by atoms with Crippen LogP contribution in [-0.2, 0) is 0 Å². The molecule has 1 aliphatic heterocycles. The van der Waals surface area contributed by atoms with Crippen molar-refractivity contribution in [1.29, 1.82) is 0 Å². The topological polar surface area (TPSA) is 24.1 Å². The van der Waals surface area contributed by atoms with Gasteiger partial charge in [-0.15, -0.1) is 0 Å². The van der Waals surface area contributed by atoms with Crippen LogP contribution in [0.4, 0.5) is 0 Å². The Morgan fingerprint density at radius 3 is 2.64 bits per heavy atom. The first-order valence-electron chi connectivity index (χ1n) is 5.94. The van der Waals surface area contributed by atoms with E-state index in [1.807, 2.05) is 6.20 Å². The van der Waals surface area contributed by atoms with Gasteiger partial charge in [-0.25, -0.2) is 0 Å². The molecule has 2 heteroatoms. The highest BCUT2D eigenvalue weighted by molar-refractivity contribution is 5.04. The lowest BCUT2D eigenvalue weighted by Crippen LogP contribution is -2.30. The largest absolute Gasteiger partial charge is 0.386 e. The van der Waals surface area contributed by atoms with Crippen LogP contribution in [0.5, 0.6) is 0 Å². The maximum atomic E-state index is 3.76. The average molecular weight is 194 g/mol.